The van der Waals surface area contributed by atoms with Crippen LogP contribution in [0.2, 0.25) is 0 Å². The van der Waals surface area contributed by atoms with Gasteiger partial charge in [0.05, 0.1) is 5.56 Å². The van der Waals surface area contributed by atoms with E-state index in [1.165, 1.54) is 0 Å². The molecule has 0 aliphatic heterocycles. The Morgan fingerprint density at radius 3 is 2.43 bits per heavy atom. The van der Waals surface area contributed by atoms with Crippen LogP contribution in [0.15, 0.2) is 48.7 Å². The van der Waals surface area contributed by atoms with E-state index in [9.17, 15) is 23.5 Å². The van der Waals surface area contributed by atoms with Crippen molar-refractivity contribution in [3.8, 4) is 11.1 Å². The van der Waals surface area contributed by atoms with Crippen LogP contribution < -0.4 is 16.4 Å². The number of nitrogens with zero attached hydrogens (tertiary/aromatic N) is 2. The van der Waals surface area contributed by atoms with Gasteiger partial charge in [-0.15, -0.1) is 0 Å². The van der Waals surface area contributed by atoms with Gasteiger partial charge in [-0.3, -0.25) is 9.59 Å². The highest BCUT2D eigenvalue weighted by atomic mass is 19.1. The number of hydrogen-bond donors (Lipinski definition) is 4. The van der Waals surface area contributed by atoms with Gasteiger partial charge in [-0.2, -0.15) is 0 Å². The van der Waals surface area contributed by atoms with E-state index in [2.05, 4.69) is 15.6 Å². The minimum Gasteiger partial charge on any atom is -0.383 e. The minimum atomic E-state index is -1.75. The molecule has 1 atom stereocenters. The standard InChI is InChI=1S/C25H27F2N5O3/c1-14-8-19(31-25(35)22(33)15-9-17(26)12-18(27)10-15)4-5-20(14)16-11-21(23(28)30-13-16)24(34)29-6-7-32(2)3/h4-5,8-13,22,33H,6-7H2,1-3H3,(H2,28,30)(H,29,34)(H,31,35)/t22-/m1/s1. The molecule has 1 heterocycles. The van der Waals surface area contributed by atoms with E-state index in [0.717, 1.165) is 23.3 Å². The van der Waals surface area contributed by atoms with E-state index in [1.807, 2.05) is 19.0 Å². The number of pyridine rings is 1. The second-order valence-electron chi connectivity index (χ2n) is 8.34. The van der Waals surface area contributed by atoms with Crippen molar-refractivity contribution < 1.29 is 23.5 Å². The van der Waals surface area contributed by atoms with Crippen LogP contribution in [-0.2, 0) is 4.79 Å². The molecular weight excluding hydrogens is 456 g/mol. The lowest BCUT2D eigenvalue weighted by Gasteiger charge is -2.15. The number of nitrogen functional groups attached to an aromatic ring is 1. The number of anilines is 2. The fraction of sp³-hybridized carbons (Fsp3) is 0.240. The molecule has 0 saturated carbocycles. The highest BCUT2D eigenvalue weighted by Gasteiger charge is 2.20. The molecule has 0 radical (unpaired) electrons. The van der Waals surface area contributed by atoms with Gasteiger partial charge in [-0.05, 0) is 68.0 Å². The first-order valence-corrected chi connectivity index (χ1v) is 10.8. The third-order valence-corrected chi connectivity index (χ3v) is 5.26. The van der Waals surface area contributed by atoms with Gasteiger partial charge in [0.2, 0.25) is 0 Å². The molecule has 0 bridgehead atoms. The maximum Gasteiger partial charge on any atom is 0.257 e. The molecule has 0 unspecified atom stereocenters. The molecule has 3 aromatic rings. The molecule has 0 spiro atoms. The van der Waals surface area contributed by atoms with Crippen LogP contribution in [-0.4, -0.2) is 54.0 Å². The average molecular weight is 484 g/mol. The van der Waals surface area contributed by atoms with E-state index in [-0.39, 0.29) is 22.9 Å². The van der Waals surface area contributed by atoms with Crippen LogP contribution >= 0.6 is 0 Å². The molecule has 0 fully saturated rings. The summed E-state index contributed by atoms with van der Waals surface area (Å²) in [6.45, 7) is 2.93. The molecule has 35 heavy (non-hydrogen) atoms. The van der Waals surface area contributed by atoms with E-state index >= 15 is 0 Å². The Balaban J connectivity index is 1.76. The van der Waals surface area contributed by atoms with Gasteiger partial charge < -0.3 is 26.4 Å². The van der Waals surface area contributed by atoms with Crippen LogP contribution in [0.1, 0.15) is 27.6 Å². The molecule has 2 aromatic carbocycles. The van der Waals surface area contributed by atoms with Crippen LogP contribution in [0.3, 0.4) is 0 Å². The van der Waals surface area contributed by atoms with Gasteiger partial charge in [-0.25, -0.2) is 13.8 Å². The SMILES string of the molecule is Cc1cc(NC(=O)[C@H](O)c2cc(F)cc(F)c2)ccc1-c1cnc(N)c(C(=O)NCCN(C)C)c1. The third kappa shape index (κ3) is 6.58. The molecule has 0 saturated heterocycles. The molecule has 2 amide bonds. The van der Waals surface area contributed by atoms with Crippen molar-refractivity contribution in [3.05, 3.63) is 77.0 Å². The summed E-state index contributed by atoms with van der Waals surface area (Å²) in [6.07, 6.45) is -0.204. The van der Waals surface area contributed by atoms with E-state index in [4.69, 9.17) is 5.73 Å². The lowest BCUT2D eigenvalue weighted by molar-refractivity contribution is -0.124. The van der Waals surface area contributed by atoms with E-state index in [1.54, 1.807) is 37.4 Å². The molecule has 0 aliphatic carbocycles. The average Bonchev–Trinajstić information content (AvgIpc) is 2.78. The lowest BCUT2D eigenvalue weighted by atomic mass is 9.99. The smallest absolute Gasteiger partial charge is 0.257 e. The monoisotopic (exact) mass is 483 g/mol. The fourth-order valence-corrected chi connectivity index (χ4v) is 3.45. The fourth-order valence-electron chi connectivity index (χ4n) is 3.45. The number of carbonyl (C=O) groups is 2. The van der Waals surface area contributed by atoms with Gasteiger partial charge in [0.25, 0.3) is 11.8 Å². The number of aliphatic hydroxyl groups excluding tert-OH is 1. The van der Waals surface area contributed by atoms with Gasteiger partial charge in [0.15, 0.2) is 6.10 Å². The van der Waals surface area contributed by atoms with Crippen LogP contribution in [0, 0.1) is 18.6 Å². The van der Waals surface area contributed by atoms with Crippen molar-refractivity contribution in [1.29, 1.82) is 0 Å². The highest BCUT2D eigenvalue weighted by molar-refractivity contribution is 5.99. The number of halogens is 2. The minimum absolute atomic E-state index is 0.111. The summed E-state index contributed by atoms with van der Waals surface area (Å²) in [6, 6.07) is 9.08. The summed E-state index contributed by atoms with van der Waals surface area (Å²) < 4.78 is 26.8. The number of nitrogens with two attached hydrogens (primary N) is 1. The Kier molecular flexibility index (Phi) is 8.10. The van der Waals surface area contributed by atoms with Gasteiger partial charge in [-0.1, -0.05) is 6.07 Å². The highest BCUT2D eigenvalue weighted by Crippen LogP contribution is 2.28. The van der Waals surface area contributed by atoms with Crippen LogP contribution in [0.25, 0.3) is 11.1 Å². The molecule has 5 N–H and O–H groups in total. The summed E-state index contributed by atoms with van der Waals surface area (Å²) >= 11 is 0. The van der Waals surface area contributed by atoms with Crippen molar-refractivity contribution in [2.45, 2.75) is 13.0 Å². The van der Waals surface area contributed by atoms with Crippen molar-refractivity contribution in [2.24, 2.45) is 0 Å². The normalized spacial score (nSPS) is 11.9. The Labute approximate surface area is 201 Å². The second-order valence-corrected chi connectivity index (χ2v) is 8.34. The number of aliphatic hydroxyl groups is 1. The molecule has 0 aliphatic rings. The lowest BCUT2D eigenvalue weighted by Crippen LogP contribution is -2.31. The number of aryl methyl sites for hydroxylation is 1. The number of rotatable bonds is 8. The summed E-state index contributed by atoms with van der Waals surface area (Å²) in [5, 5.41) is 15.5. The summed E-state index contributed by atoms with van der Waals surface area (Å²) in [7, 11) is 3.80. The van der Waals surface area contributed by atoms with Gasteiger partial charge in [0, 0.05) is 36.6 Å². The van der Waals surface area contributed by atoms with E-state index in [0.29, 0.717) is 30.4 Å². The molecule has 3 rings (SSSR count). The number of carbonyl (C=O) groups excluding carboxylic acids is 2. The quantitative estimate of drug-likeness (QED) is 0.391. The predicted molar refractivity (Wildman–Crippen MR) is 130 cm³/mol. The number of aromatic nitrogens is 1. The van der Waals surface area contributed by atoms with Gasteiger partial charge >= 0.3 is 0 Å². The van der Waals surface area contributed by atoms with E-state index < -0.39 is 23.6 Å². The number of hydrogen-bond acceptors (Lipinski definition) is 6. The first-order chi connectivity index (χ1) is 16.5. The Morgan fingerprint density at radius 1 is 1.11 bits per heavy atom. The number of benzene rings is 2. The summed E-state index contributed by atoms with van der Waals surface area (Å²) in [4.78, 5) is 31.0. The van der Waals surface area contributed by atoms with Crippen molar-refractivity contribution in [3.63, 3.8) is 0 Å². The zero-order chi connectivity index (χ0) is 25.7. The first kappa shape index (κ1) is 25.7. The Bertz CT molecular complexity index is 1230. The largest absolute Gasteiger partial charge is 0.383 e. The molecule has 8 nitrogen and oxygen atoms in total. The molecule has 1 aromatic heterocycles. The van der Waals surface area contributed by atoms with Crippen molar-refractivity contribution in [2.75, 3.05) is 38.2 Å². The number of nitrogens with one attached hydrogen (secondary N) is 2. The summed E-state index contributed by atoms with van der Waals surface area (Å²) in [5.41, 5.74) is 8.50. The maximum absolute atomic E-state index is 13.4. The molecule has 10 heteroatoms. The van der Waals surface area contributed by atoms with Crippen molar-refractivity contribution in [1.82, 2.24) is 15.2 Å². The molecular formula is C25H27F2N5O3. The Hall–Kier alpha value is -3.89. The summed E-state index contributed by atoms with van der Waals surface area (Å²) in [5.74, 6) is -2.85. The van der Waals surface area contributed by atoms with Crippen LogP contribution in [0.5, 0.6) is 0 Å². The second kappa shape index (κ2) is 11.0. The molecule has 184 valence electrons. The number of amides is 2. The third-order valence-electron chi connectivity index (χ3n) is 5.26. The number of likely N-dealkylation sites (N-methyl/N-ethyl adjacent to an activating group) is 1. The van der Waals surface area contributed by atoms with Crippen molar-refractivity contribution >= 4 is 23.3 Å². The first-order valence-electron chi connectivity index (χ1n) is 10.8. The zero-order valence-corrected chi connectivity index (χ0v) is 19.6. The van der Waals surface area contributed by atoms with Crippen LogP contribution in [0.4, 0.5) is 20.3 Å². The maximum atomic E-state index is 13.4. The predicted octanol–water partition coefficient (Wildman–Crippen LogP) is 2.88. The van der Waals surface area contributed by atoms with Gasteiger partial charge in [0.1, 0.15) is 17.5 Å². The topological polar surface area (TPSA) is 121 Å². The zero-order valence-electron chi connectivity index (χ0n) is 19.6. The Morgan fingerprint density at radius 2 is 1.80 bits per heavy atom.